The Labute approximate surface area is 152 Å². The number of rotatable bonds is 3. The number of aldehydes is 1. The Morgan fingerprint density at radius 1 is 1.40 bits per heavy atom. The number of hydrogen-bond donors (Lipinski definition) is 2. The Balaban J connectivity index is 0.000000569. The lowest BCUT2D eigenvalue weighted by molar-refractivity contribution is -0.106. The van der Waals surface area contributed by atoms with Crippen molar-refractivity contribution in [1.29, 1.82) is 0 Å². The van der Waals surface area contributed by atoms with Crippen molar-refractivity contribution in [2.75, 3.05) is 25.5 Å². The van der Waals surface area contributed by atoms with Crippen molar-refractivity contribution in [3.8, 4) is 10.6 Å². The van der Waals surface area contributed by atoms with Crippen LogP contribution in [0, 0.1) is 0 Å². The van der Waals surface area contributed by atoms with E-state index in [0.29, 0.717) is 0 Å². The number of aromatic amines is 1. The van der Waals surface area contributed by atoms with Gasteiger partial charge in [-0.05, 0) is 37.6 Å². The van der Waals surface area contributed by atoms with E-state index < -0.39 is 0 Å². The van der Waals surface area contributed by atoms with E-state index in [9.17, 15) is 0 Å². The number of thiazole rings is 1. The van der Waals surface area contributed by atoms with Gasteiger partial charge in [0.1, 0.15) is 17.1 Å². The lowest BCUT2D eigenvalue weighted by Crippen LogP contribution is -2.30. The molecule has 25 heavy (non-hydrogen) atoms. The second-order valence-corrected chi connectivity index (χ2v) is 6.95. The highest BCUT2D eigenvalue weighted by Crippen LogP contribution is 2.40. The first kappa shape index (κ1) is 17.6. The van der Waals surface area contributed by atoms with Gasteiger partial charge >= 0.3 is 0 Å². The summed E-state index contributed by atoms with van der Waals surface area (Å²) in [6, 6.07) is 8.37. The van der Waals surface area contributed by atoms with E-state index in [-0.39, 0.29) is 0 Å². The van der Waals surface area contributed by atoms with Crippen molar-refractivity contribution >= 4 is 33.7 Å². The lowest BCUT2D eigenvalue weighted by atomic mass is 10.0. The van der Waals surface area contributed by atoms with Crippen LogP contribution in [0.15, 0.2) is 24.3 Å². The molecule has 3 aromatic rings. The third-order valence-electron chi connectivity index (χ3n) is 4.46. The van der Waals surface area contributed by atoms with Gasteiger partial charge < -0.3 is 15.1 Å². The molecule has 6 heteroatoms. The third kappa shape index (κ3) is 3.45. The summed E-state index contributed by atoms with van der Waals surface area (Å²) in [5.74, 6) is 1.10. The normalized spacial score (nSPS) is 13.9. The summed E-state index contributed by atoms with van der Waals surface area (Å²) in [5, 5.41) is 4.44. The van der Waals surface area contributed by atoms with Crippen LogP contribution in [0.5, 0.6) is 0 Å². The van der Waals surface area contributed by atoms with E-state index in [1.807, 2.05) is 7.05 Å². The van der Waals surface area contributed by atoms with Crippen LogP contribution in [0.4, 0.5) is 5.82 Å². The molecule has 0 bridgehead atoms. The number of likely N-dealkylation sites (N-methyl/N-ethyl adjacent to an activating group) is 1. The van der Waals surface area contributed by atoms with Crippen molar-refractivity contribution in [3.63, 3.8) is 0 Å². The van der Waals surface area contributed by atoms with Crippen LogP contribution in [-0.2, 0) is 17.8 Å². The van der Waals surface area contributed by atoms with Crippen molar-refractivity contribution in [2.24, 2.45) is 0 Å². The Kier molecular flexibility index (Phi) is 5.50. The van der Waals surface area contributed by atoms with Crippen molar-refractivity contribution in [3.05, 3.63) is 35.5 Å². The molecule has 0 spiro atoms. The van der Waals surface area contributed by atoms with E-state index in [0.717, 1.165) is 48.7 Å². The number of aromatic nitrogens is 2. The Morgan fingerprint density at radius 3 is 2.84 bits per heavy atom. The van der Waals surface area contributed by atoms with Crippen molar-refractivity contribution in [1.82, 2.24) is 14.9 Å². The van der Waals surface area contributed by atoms with E-state index in [4.69, 9.17) is 9.78 Å². The summed E-state index contributed by atoms with van der Waals surface area (Å²) in [7, 11) is 1.98. The second-order valence-electron chi connectivity index (χ2n) is 5.92. The fourth-order valence-corrected chi connectivity index (χ4v) is 4.29. The fraction of sp³-hybridized carbons (Fsp3) is 0.368. The predicted octanol–water partition coefficient (Wildman–Crippen LogP) is 3.92. The molecule has 0 atom stereocenters. The van der Waals surface area contributed by atoms with Gasteiger partial charge in [0, 0.05) is 25.8 Å². The van der Waals surface area contributed by atoms with Gasteiger partial charge in [0.05, 0.1) is 15.8 Å². The summed E-state index contributed by atoms with van der Waals surface area (Å²) in [6.45, 7) is 6.90. The fourth-order valence-electron chi connectivity index (χ4n) is 3.25. The first-order valence-electron chi connectivity index (χ1n) is 8.61. The van der Waals surface area contributed by atoms with E-state index in [1.54, 1.807) is 11.3 Å². The van der Waals surface area contributed by atoms with Crippen LogP contribution in [-0.4, -0.2) is 41.3 Å². The average Bonchev–Trinajstić information content (AvgIpc) is 3.21. The van der Waals surface area contributed by atoms with Crippen LogP contribution in [0.3, 0.4) is 0 Å². The molecule has 3 heterocycles. The summed E-state index contributed by atoms with van der Waals surface area (Å²) >= 11 is 1.78. The standard InChI is InChI=1S/C17H20N4S.C2H4O/c1-3-21-9-8-11-13(10-21)19-16(18-2)15(11)17-20-12-6-4-5-7-14(12)22-17;1-2-3/h4-7,18-19H,3,8-10H2,1-2H3;2H,1H3. The number of anilines is 1. The van der Waals surface area contributed by atoms with Crippen molar-refractivity contribution < 1.29 is 4.79 Å². The molecule has 4 rings (SSSR count). The highest BCUT2D eigenvalue weighted by molar-refractivity contribution is 7.21. The smallest absolute Gasteiger partial charge is 0.128 e. The maximum atomic E-state index is 8.81. The van der Waals surface area contributed by atoms with Gasteiger partial charge in [-0.1, -0.05) is 19.1 Å². The number of para-hydroxylation sites is 1. The number of benzene rings is 1. The van der Waals surface area contributed by atoms with Gasteiger partial charge in [0.2, 0.25) is 0 Å². The Bertz CT molecular complexity index is 835. The van der Waals surface area contributed by atoms with Crippen molar-refractivity contribution in [2.45, 2.75) is 26.8 Å². The van der Waals surface area contributed by atoms with Crippen LogP contribution in [0.25, 0.3) is 20.8 Å². The number of fused-ring (bicyclic) bond motifs is 2. The van der Waals surface area contributed by atoms with Gasteiger partial charge in [-0.15, -0.1) is 11.3 Å². The predicted molar refractivity (Wildman–Crippen MR) is 105 cm³/mol. The summed E-state index contributed by atoms with van der Waals surface area (Å²) in [6.07, 6.45) is 1.84. The summed E-state index contributed by atoms with van der Waals surface area (Å²) in [4.78, 5) is 19.7. The Hall–Kier alpha value is -2.18. The first-order valence-corrected chi connectivity index (χ1v) is 9.43. The maximum Gasteiger partial charge on any atom is 0.128 e. The molecule has 1 aliphatic rings. The van der Waals surface area contributed by atoms with E-state index >= 15 is 0 Å². The SMILES string of the molecule is CC=O.CCN1CCc2c([nH]c(NC)c2-c2nc3ccccc3s2)C1. The summed E-state index contributed by atoms with van der Waals surface area (Å²) < 4.78 is 1.25. The van der Waals surface area contributed by atoms with Crippen LogP contribution >= 0.6 is 11.3 Å². The second kappa shape index (κ2) is 7.80. The maximum absolute atomic E-state index is 8.81. The molecule has 0 amide bonds. The number of nitrogens with zero attached hydrogens (tertiary/aromatic N) is 2. The number of H-pyrrole nitrogens is 1. The third-order valence-corrected chi connectivity index (χ3v) is 5.51. The highest BCUT2D eigenvalue weighted by Gasteiger charge is 2.25. The largest absolute Gasteiger partial charge is 0.374 e. The molecule has 2 N–H and O–H groups in total. The van der Waals surface area contributed by atoms with E-state index in [2.05, 4.69) is 46.4 Å². The molecular formula is C19H24N4OS. The zero-order chi connectivity index (χ0) is 17.8. The minimum atomic E-state index is 0.750. The van der Waals surface area contributed by atoms with Gasteiger partial charge in [-0.2, -0.15) is 0 Å². The molecular weight excluding hydrogens is 332 g/mol. The molecule has 2 aromatic heterocycles. The molecule has 0 aliphatic carbocycles. The molecule has 0 radical (unpaired) electrons. The number of hydrogen-bond acceptors (Lipinski definition) is 5. The van der Waals surface area contributed by atoms with Gasteiger partial charge in [-0.3, -0.25) is 4.90 Å². The lowest BCUT2D eigenvalue weighted by Gasteiger charge is -2.25. The highest BCUT2D eigenvalue weighted by atomic mass is 32.1. The molecule has 0 fully saturated rings. The zero-order valence-electron chi connectivity index (χ0n) is 14.9. The first-order chi connectivity index (χ1) is 12.2. The van der Waals surface area contributed by atoms with Crippen LogP contribution < -0.4 is 5.32 Å². The number of carbonyl (C=O) groups excluding carboxylic acids is 1. The average molecular weight is 356 g/mol. The minimum Gasteiger partial charge on any atom is -0.374 e. The zero-order valence-corrected chi connectivity index (χ0v) is 15.7. The minimum absolute atomic E-state index is 0.750. The number of carbonyl (C=O) groups is 1. The molecule has 0 saturated carbocycles. The van der Waals surface area contributed by atoms with Crippen LogP contribution in [0.2, 0.25) is 0 Å². The topological polar surface area (TPSA) is 61.0 Å². The van der Waals surface area contributed by atoms with Gasteiger partial charge in [0.15, 0.2) is 0 Å². The monoisotopic (exact) mass is 356 g/mol. The number of nitrogens with one attached hydrogen (secondary N) is 2. The van der Waals surface area contributed by atoms with Crippen LogP contribution in [0.1, 0.15) is 25.1 Å². The van der Waals surface area contributed by atoms with E-state index in [1.165, 1.54) is 28.4 Å². The molecule has 1 aromatic carbocycles. The molecule has 0 saturated heterocycles. The molecule has 1 aliphatic heterocycles. The Morgan fingerprint density at radius 2 is 2.16 bits per heavy atom. The molecule has 5 nitrogen and oxygen atoms in total. The summed E-state index contributed by atoms with van der Waals surface area (Å²) in [5.41, 5.74) is 5.14. The molecule has 132 valence electrons. The van der Waals surface area contributed by atoms with Gasteiger partial charge in [0.25, 0.3) is 0 Å². The molecule has 0 unspecified atom stereocenters. The van der Waals surface area contributed by atoms with Gasteiger partial charge in [-0.25, -0.2) is 4.98 Å². The quantitative estimate of drug-likeness (QED) is 0.699.